The van der Waals surface area contributed by atoms with Gasteiger partial charge in [-0.05, 0) is 23.1 Å². The van der Waals surface area contributed by atoms with Crippen LogP contribution in [0.25, 0.3) is 0 Å². The molecule has 0 radical (unpaired) electrons. The maximum Gasteiger partial charge on any atom is 0.221 e. The van der Waals surface area contributed by atoms with Crippen LogP contribution in [-0.2, 0) is 14.9 Å². The lowest BCUT2D eigenvalue weighted by Gasteiger charge is -2.23. The van der Waals surface area contributed by atoms with E-state index in [1.165, 1.54) is 5.56 Å². The molecule has 1 aliphatic heterocycles. The molecule has 6 heteroatoms. The summed E-state index contributed by atoms with van der Waals surface area (Å²) < 4.78 is 11.1. The smallest absolute Gasteiger partial charge is 0.221 e. The van der Waals surface area contributed by atoms with E-state index in [9.17, 15) is 4.79 Å². The van der Waals surface area contributed by atoms with Crippen LogP contribution >= 0.6 is 12.4 Å². The van der Waals surface area contributed by atoms with Crippen molar-refractivity contribution in [1.29, 1.82) is 0 Å². The van der Waals surface area contributed by atoms with Crippen LogP contribution in [0.5, 0.6) is 5.75 Å². The van der Waals surface area contributed by atoms with Crippen molar-refractivity contribution in [3.8, 4) is 5.75 Å². The normalized spacial score (nSPS) is 17.7. The Balaban J connectivity index is 0.00000288. The summed E-state index contributed by atoms with van der Waals surface area (Å²) in [6, 6.07) is 8.23. The highest BCUT2D eigenvalue weighted by atomic mass is 35.5. The number of morpholine rings is 1. The number of benzene rings is 1. The summed E-state index contributed by atoms with van der Waals surface area (Å²) in [5.41, 5.74) is 1.34. The largest absolute Gasteiger partial charge is 0.492 e. The van der Waals surface area contributed by atoms with E-state index in [1.807, 2.05) is 12.1 Å². The molecule has 24 heavy (non-hydrogen) atoms. The van der Waals surface area contributed by atoms with Crippen molar-refractivity contribution in [2.75, 3.05) is 32.9 Å². The molecule has 5 nitrogen and oxygen atoms in total. The van der Waals surface area contributed by atoms with Gasteiger partial charge in [0.15, 0.2) is 0 Å². The minimum absolute atomic E-state index is 0. The zero-order chi connectivity index (χ0) is 16.7. The van der Waals surface area contributed by atoms with Crippen molar-refractivity contribution in [3.05, 3.63) is 29.8 Å². The molecule has 2 rings (SSSR count). The molecule has 1 aromatic rings. The fourth-order valence-corrected chi connectivity index (χ4v) is 2.46. The number of halogens is 1. The number of ether oxygens (including phenoxy) is 2. The molecule has 1 heterocycles. The Morgan fingerprint density at radius 1 is 1.42 bits per heavy atom. The average Bonchev–Trinajstić information content (AvgIpc) is 2.52. The first kappa shape index (κ1) is 20.7. The number of rotatable bonds is 6. The second kappa shape index (κ2) is 9.87. The van der Waals surface area contributed by atoms with Crippen molar-refractivity contribution in [2.45, 2.75) is 38.6 Å². The first-order valence-electron chi connectivity index (χ1n) is 8.26. The van der Waals surface area contributed by atoms with Gasteiger partial charge in [-0.2, -0.15) is 0 Å². The molecule has 1 unspecified atom stereocenters. The molecule has 1 aliphatic rings. The van der Waals surface area contributed by atoms with Gasteiger partial charge in [-0.15, -0.1) is 12.4 Å². The van der Waals surface area contributed by atoms with E-state index < -0.39 is 0 Å². The fourth-order valence-electron chi connectivity index (χ4n) is 2.46. The van der Waals surface area contributed by atoms with Crippen molar-refractivity contribution >= 4 is 18.3 Å². The number of hydrogen-bond acceptors (Lipinski definition) is 4. The van der Waals surface area contributed by atoms with Gasteiger partial charge >= 0.3 is 0 Å². The summed E-state index contributed by atoms with van der Waals surface area (Å²) in [5.74, 6) is 0.870. The first-order valence-corrected chi connectivity index (χ1v) is 8.26. The van der Waals surface area contributed by atoms with Gasteiger partial charge in [-0.3, -0.25) is 4.79 Å². The van der Waals surface area contributed by atoms with E-state index in [0.29, 0.717) is 26.2 Å². The van der Waals surface area contributed by atoms with E-state index >= 15 is 0 Å². The zero-order valence-corrected chi connectivity index (χ0v) is 15.6. The van der Waals surface area contributed by atoms with Crippen molar-refractivity contribution in [3.63, 3.8) is 0 Å². The first-order chi connectivity index (χ1) is 10.9. The second-order valence-electron chi connectivity index (χ2n) is 6.91. The monoisotopic (exact) mass is 356 g/mol. The molecular weight excluding hydrogens is 328 g/mol. The Hall–Kier alpha value is -1.30. The number of hydrogen-bond donors (Lipinski definition) is 2. The van der Waals surface area contributed by atoms with Crippen molar-refractivity contribution in [1.82, 2.24) is 10.6 Å². The van der Waals surface area contributed by atoms with Crippen LogP contribution in [0.15, 0.2) is 24.3 Å². The Kier molecular flexibility index (Phi) is 8.53. The maximum absolute atomic E-state index is 11.8. The Morgan fingerprint density at radius 3 is 2.88 bits per heavy atom. The van der Waals surface area contributed by atoms with Gasteiger partial charge in [-0.25, -0.2) is 0 Å². The van der Waals surface area contributed by atoms with Crippen LogP contribution in [0.1, 0.15) is 32.8 Å². The van der Waals surface area contributed by atoms with Gasteiger partial charge < -0.3 is 20.1 Å². The van der Waals surface area contributed by atoms with Gasteiger partial charge in [0.05, 0.1) is 19.8 Å². The minimum atomic E-state index is 0. The summed E-state index contributed by atoms with van der Waals surface area (Å²) in [4.78, 5) is 11.8. The van der Waals surface area contributed by atoms with E-state index in [1.54, 1.807) is 0 Å². The lowest BCUT2D eigenvalue weighted by molar-refractivity contribution is -0.122. The van der Waals surface area contributed by atoms with Gasteiger partial charge in [0, 0.05) is 19.0 Å². The van der Waals surface area contributed by atoms with E-state index in [-0.39, 0.29) is 29.8 Å². The molecule has 0 saturated carbocycles. The third-order valence-corrected chi connectivity index (χ3v) is 3.82. The minimum Gasteiger partial charge on any atom is -0.492 e. The van der Waals surface area contributed by atoms with Crippen LogP contribution in [-0.4, -0.2) is 44.9 Å². The third-order valence-electron chi connectivity index (χ3n) is 3.82. The number of carbonyl (C=O) groups excluding carboxylic acids is 1. The van der Waals surface area contributed by atoms with E-state index in [2.05, 4.69) is 43.5 Å². The molecule has 0 bridgehead atoms. The highest BCUT2D eigenvalue weighted by Crippen LogP contribution is 2.25. The van der Waals surface area contributed by atoms with Crippen LogP contribution < -0.4 is 15.4 Å². The van der Waals surface area contributed by atoms with Crippen molar-refractivity contribution < 1.29 is 14.3 Å². The van der Waals surface area contributed by atoms with Crippen LogP contribution in [0.3, 0.4) is 0 Å². The number of carbonyl (C=O) groups is 1. The maximum atomic E-state index is 11.8. The summed E-state index contributed by atoms with van der Waals surface area (Å²) in [5, 5.41) is 6.16. The Morgan fingerprint density at radius 2 is 2.21 bits per heavy atom. The Bertz CT molecular complexity index is 511. The molecular formula is C18H29ClN2O3. The summed E-state index contributed by atoms with van der Waals surface area (Å²) in [6.07, 6.45) is 0.444. The standard InChI is InChI=1S/C18H28N2O3.ClH/c1-18(2,3)14-5-4-6-16(11-14)23-10-8-20-17(21)12-15-13-22-9-7-19-15;/h4-6,11,15,19H,7-10,12-13H2,1-3H3,(H,20,21);1H. The molecule has 1 fully saturated rings. The predicted octanol–water partition coefficient (Wildman–Crippen LogP) is 2.28. The topological polar surface area (TPSA) is 59.6 Å². The third kappa shape index (κ3) is 7.07. The molecule has 1 aromatic carbocycles. The van der Waals surface area contributed by atoms with Gasteiger partial charge in [0.2, 0.25) is 5.91 Å². The SMILES string of the molecule is CC(C)(C)c1cccc(OCCNC(=O)CC2COCCN2)c1.Cl. The molecule has 0 aliphatic carbocycles. The second-order valence-corrected chi connectivity index (χ2v) is 6.91. The van der Waals surface area contributed by atoms with Gasteiger partial charge in [0.1, 0.15) is 12.4 Å². The number of amides is 1. The molecule has 2 N–H and O–H groups in total. The molecule has 1 amide bonds. The Labute approximate surface area is 150 Å². The average molecular weight is 357 g/mol. The van der Waals surface area contributed by atoms with Crippen molar-refractivity contribution in [2.24, 2.45) is 0 Å². The zero-order valence-electron chi connectivity index (χ0n) is 14.8. The highest BCUT2D eigenvalue weighted by molar-refractivity contribution is 5.85. The van der Waals surface area contributed by atoms with Gasteiger partial charge in [-0.1, -0.05) is 32.9 Å². The van der Waals surface area contributed by atoms with Crippen LogP contribution in [0.4, 0.5) is 0 Å². The fraction of sp³-hybridized carbons (Fsp3) is 0.611. The molecule has 136 valence electrons. The highest BCUT2D eigenvalue weighted by Gasteiger charge is 2.16. The molecule has 1 atom stereocenters. The van der Waals surface area contributed by atoms with Gasteiger partial charge in [0.25, 0.3) is 0 Å². The predicted molar refractivity (Wildman–Crippen MR) is 98.1 cm³/mol. The van der Waals surface area contributed by atoms with E-state index in [4.69, 9.17) is 9.47 Å². The lowest BCUT2D eigenvalue weighted by atomic mass is 9.87. The molecule has 0 spiro atoms. The summed E-state index contributed by atoms with van der Waals surface area (Å²) >= 11 is 0. The quantitative estimate of drug-likeness (QED) is 0.768. The van der Waals surface area contributed by atoms with Crippen LogP contribution in [0, 0.1) is 0 Å². The molecule has 1 saturated heterocycles. The number of nitrogens with one attached hydrogen (secondary N) is 2. The summed E-state index contributed by atoms with van der Waals surface area (Å²) in [6.45, 7) is 9.63. The van der Waals surface area contributed by atoms with Crippen LogP contribution in [0.2, 0.25) is 0 Å². The van der Waals surface area contributed by atoms with E-state index in [0.717, 1.165) is 18.9 Å². The summed E-state index contributed by atoms with van der Waals surface area (Å²) in [7, 11) is 0. The lowest BCUT2D eigenvalue weighted by Crippen LogP contribution is -2.44. The molecule has 0 aromatic heterocycles.